The number of nitrogens with one attached hydrogen (secondary N) is 2. The Balaban J connectivity index is 1.52. The lowest BCUT2D eigenvalue weighted by Crippen LogP contribution is -2.18. The molecule has 2 N–H and O–H groups in total. The lowest BCUT2D eigenvalue weighted by molar-refractivity contribution is -0.115. The fraction of sp³-hybridized carbons (Fsp3) is 0.316. The molecular weight excluding hydrogens is 320 g/mol. The summed E-state index contributed by atoms with van der Waals surface area (Å²) in [6, 6.07) is 11.3. The fourth-order valence-corrected chi connectivity index (χ4v) is 2.62. The molecule has 1 amide bonds. The summed E-state index contributed by atoms with van der Waals surface area (Å²) >= 11 is 0. The van der Waals surface area contributed by atoms with Gasteiger partial charge in [0.2, 0.25) is 5.91 Å². The first-order chi connectivity index (χ1) is 12.2. The van der Waals surface area contributed by atoms with E-state index in [1.165, 1.54) is 0 Å². The van der Waals surface area contributed by atoms with Crippen molar-refractivity contribution in [3.05, 3.63) is 42.0 Å². The SMILES string of the molecule is COc1ccc(C)cc1NCCC(=O)Nc1ccc2c(c1)OCCO2. The van der Waals surface area contributed by atoms with Gasteiger partial charge in [0.15, 0.2) is 11.5 Å². The highest BCUT2D eigenvalue weighted by Crippen LogP contribution is 2.32. The van der Waals surface area contributed by atoms with Gasteiger partial charge in [-0.25, -0.2) is 0 Å². The van der Waals surface area contributed by atoms with E-state index in [-0.39, 0.29) is 5.91 Å². The third kappa shape index (κ3) is 4.35. The maximum atomic E-state index is 12.1. The lowest BCUT2D eigenvalue weighted by atomic mass is 10.2. The maximum absolute atomic E-state index is 12.1. The minimum Gasteiger partial charge on any atom is -0.495 e. The smallest absolute Gasteiger partial charge is 0.226 e. The van der Waals surface area contributed by atoms with Crippen LogP contribution >= 0.6 is 0 Å². The van der Waals surface area contributed by atoms with Crippen molar-refractivity contribution in [2.45, 2.75) is 13.3 Å². The van der Waals surface area contributed by atoms with Gasteiger partial charge in [-0.15, -0.1) is 0 Å². The van der Waals surface area contributed by atoms with E-state index in [0.29, 0.717) is 43.4 Å². The zero-order valence-corrected chi connectivity index (χ0v) is 14.4. The molecule has 0 saturated heterocycles. The van der Waals surface area contributed by atoms with Crippen LogP contribution in [0.3, 0.4) is 0 Å². The van der Waals surface area contributed by atoms with E-state index in [1.807, 2.05) is 31.2 Å². The minimum absolute atomic E-state index is 0.0733. The Labute approximate surface area is 147 Å². The Hall–Kier alpha value is -2.89. The summed E-state index contributed by atoms with van der Waals surface area (Å²) in [5.74, 6) is 2.05. The predicted octanol–water partition coefficient (Wildman–Crippen LogP) is 3.22. The highest BCUT2D eigenvalue weighted by Gasteiger charge is 2.12. The molecule has 0 unspecified atom stereocenters. The molecule has 1 aliphatic heterocycles. The third-order valence-electron chi connectivity index (χ3n) is 3.85. The van der Waals surface area contributed by atoms with E-state index in [4.69, 9.17) is 14.2 Å². The number of aryl methyl sites for hydroxylation is 1. The van der Waals surface area contributed by atoms with Crippen molar-refractivity contribution in [3.63, 3.8) is 0 Å². The topological polar surface area (TPSA) is 68.8 Å². The minimum atomic E-state index is -0.0733. The molecule has 1 aliphatic rings. The molecule has 0 radical (unpaired) electrons. The van der Waals surface area contributed by atoms with Gasteiger partial charge in [0, 0.05) is 24.7 Å². The van der Waals surface area contributed by atoms with Gasteiger partial charge in [0.05, 0.1) is 12.8 Å². The number of ether oxygens (including phenoxy) is 3. The van der Waals surface area contributed by atoms with Crippen LogP contribution in [-0.2, 0) is 4.79 Å². The van der Waals surface area contributed by atoms with Crippen molar-refractivity contribution in [2.24, 2.45) is 0 Å². The van der Waals surface area contributed by atoms with Gasteiger partial charge in [-0.1, -0.05) is 6.07 Å². The van der Waals surface area contributed by atoms with Gasteiger partial charge >= 0.3 is 0 Å². The molecule has 0 aliphatic carbocycles. The summed E-state index contributed by atoms with van der Waals surface area (Å²) in [4.78, 5) is 12.1. The highest BCUT2D eigenvalue weighted by molar-refractivity contribution is 5.91. The summed E-state index contributed by atoms with van der Waals surface area (Å²) in [5.41, 5.74) is 2.71. The molecule has 6 nitrogen and oxygen atoms in total. The zero-order valence-electron chi connectivity index (χ0n) is 14.4. The van der Waals surface area contributed by atoms with Crippen LogP contribution in [0, 0.1) is 6.92 Å². The summed E-state index contributed by atoms with van der Waals surface area (Å²) in [5, 5.41) is 6.11. The molecule has 0 aromatic heterocycles. The second-order valence-electron chi connectivity index (χ2n) is 5.79. The Morgan fingerprint density at radius 1 is 1.12 bits per heavy atom. The van der Waals surface area contributed by atoms with E-state index in [0.717, 1.165) is 17.0 Å². The van der Waals surface area contributed by atoms with Crippen LogP contribution in [0.2, 0.25) is 0 Å². The van der Waals surface area contributed by atoms with Crippen LogP contribution in [-0.4, -0.2) is 32.8 Å². The average Bonchev–Trinajstić information content (AvgIpc) is 2.62. The number of rotatable bonds is 6. The fourth-order valence-electron chi connectivity index (χ4n) is 2.62. The van der Waals surface area contributed by atoms with Gasteiger partial charge < -0.3 is 24.8 Å². The largest absolute Gasteiger partial charge is 0.495 e. The lowest BCUT2D eigenvalue weighted by Gasteiger charge is -2.19. The Morgan fingerprint density at radius 3 is 2.72 bits per heavy atom. The first kappa shape index (κ1) is 17.0. The van der Waals surface area contributed by atoms with E-state index < -0.39 is 0 Å². The third-order valence-corrected chi connectivity index (χ3v) is 3.85. The van der Waals surface area contributed by atoms with Crippen LogP contribution in [0.1, 0.15) is 12.0 Å². The normalized spacial score (nSPS) is 12.4. The van der Waals surface area contributed by atoms with Crippen molar-refractivity contribution in [1.29, 1.82) is 0 Å². The van der Waals surface area contributed by atoms with Crippen LogP contribution in [0.5, 0.6) is 17.2 Å². The van der Waals surface area contributed by atoms with Crippen LogP contribution in [0.15, 0.2) is 36.4 Å². The van der Waals surface area contributed by atoms with Crippen LogP contribution in [0.25, 0.3) is 0 Å². The molecule has 25 heavy (non-hydrogen) atoms. The quantitative estimate of drug-likeness (QED) is 0.844. The number of hydrogen-bond acceptors (Lipinski definition) is 5. The van der Waals surface area contributed by atoms with Gasteiger partial charge in [0.25, 0.3) is 0 Å². The van der Waals surface area contributed by atoms with Crippen LogP contribution < -0.4 is 24.8 Å². The first-order valence-corrected chi connectivity index (χ1v) is 8.24. The van der Waals surface area contributed by atoms with Crippen molar-refractivity contribution in [3.8, 4) is 17.2 Å². The Bertz CT molecular complexity index is 761. The molecule has 0 saturated carbocycles. The van der Waals surface area contributed by atoms with Crippen molar-refractivity contribution < 1.29 is 19.0 Å². The monoisotopic (exact) mass is 342 g/mol. The number of carbonyl (C=O) groups excluding carboxylic acids is 1. The van der Waals surface area contributed by atoms with E-state index in [1.54, 1.807) is 19.2 Å². The summed E-state index contributed by atoms with van der Waals surface area (Å²) in [6.45, 7) is 3.59. The number of fused-ring (bicyclic) bond motifs is 1. The van der Waals surface area contributed by atoms with Crippen molar-refractivity contribution in [2.75, 3.05) is 37.5 Å². The van der Waals surface area contributed by atoms with Crippen molar-refractivity contribution in [1.82, 2.24) is 0 Å². The van der Waals surface area contributed by atoms with Gasteiger partial charge in [-0.2, -0.15) is 0 Å². The van der Waals surface area contributed by atoms with Crippen molar-refractivity contribution >= 4 is 17.3 Å². The molecule has 1 heterocycles. The number of methoxy groups -OCH3 is 1. The molecule has 0 spiro atoms. The Kier molecular flexibility index (Phi) is 5.28. The molecule has 3 rings (SSSR count). The summed E-state index contributed by atoms with van der Waals surface area (Å²) < 4.78 is 16.3. The molecule has 0 atom stereocenters. The molecule has 2 aromatic carbocycles. The maximum Gasteiger partial charge on any atom is 0.226 e. The molecule has 6 heteroatoms. The van der Waals surface area contributed by atoms with Crippen LogP contribution in [0.4, 0.5) is 11.4 Å². The van der Waals surface area contributed by atoms with Gasteiger partial charge in [-0.05, 0) is 36.8 Å². The number of carbonyl (C=O) groups is 1. The summed E-state index contributed by atoms with van der Waals surface area (Å²) in [7, 11) is 1.63. The average molecular weight is 342 g/mol. The van der Waals surface area contributed by atoms with E-state index >= 15 is 0 Å². The van der Waals surface area contributed by atoms with Gasteiger partial charge in [0.1, 0.15) is 19.0 Å². The molecule has 0 fully saturated rings. The Morgan fingerprint density at radius 2 is 1.92 bits per heavy atom. The highest BCUT2D eigenvalue weighted by atomic mass is 16.6. The van der Waals surface area contributed by atoms with E-state index in [9.17, 15) is 4.79 Å². The second kappa shape index (κ2) is 7.79. The van der Waals surface area contributed by atoms with E-state index in [2.05, 4.69) is 10.6 Å². The van der Waals surface area contributed by atoms with Gasteiger partial charge in [-0.3, -0.25) is 4.79 Å². The first-order valence-electron chi connectivity index (χ1n) is 8.24. The molecule has 0 bridgehead atoms. The molecular formula is C19H22N2O4. The molecule has 2 aromatic rings. The number of anilines is 2. The number of benzene rings is 2. The molecule has 132 valence electrons. The number of hydrogen-bond donors (Lipinski definition) is 2. The standard InChI is InChI=1S/C19H22N2O4/c1-13-3-5-16(23-2)15(11-13)20-8-7-19(22)21-14-4-6-17-18(12-14)25-10-9-24-17/h3-6,11-12,20H,7-10H2,1-2H3,(H,21,22). The predicted molar refractivity (Wildman–Crippen MR) is 96.9 cm³/mol. The second-order valence-corrected chi connectivity index (χ2v) is 5.79. The summed E-state index contributed by atoms with van der Waals surface area (Å²) in [6.07, 6.45) is 0.339. The zero-order chi connectivity index (χ0) is 17.6. The number of amides is 1.